The Morgan fingerprint density at radius 3 is 1.95 bits per heavy atom. The second-order valence-corrected chi connectivity index (χ2v) is 5.07. The van der Waals surface area contributed by atoms with E-state index in [1.54, 1.807) is 6.92 Å². The fraction of sp³-hybridized carbons (Fsp3) is 0.294. The van der Waals surface area contributed by atoms with Crippen LogP contribution >= 0.6 is 0 Å². The Bertz CT molecular complexity index is 538. The summed E-state index contributed by atoms with van der Waals surface area (Å²) in [6.45, 7) is 6.02. The average molecular weight is 257 g/mol. The monoisotopic (exact) mass is 257 g/mol. The summed E-state index contributed by atoms with van der Waals surface area (Å²) in [6, 6.07) is 11.8. The van der Waals surface area contributed by atoms with E-state index in [1.807, 2.05) is 19.2 Å². The zero-order chi connectivity index (χ0) is 14.0. The van der Waals surface area contributed by atoms with E-state index in [2.05, 4.69) is 37.4 Å². The van der Waals surface area contributed by atoms with Crippen LogP contribution in [-0.2, 0) is 0 Å². The minimum Gasteiger partial charge on any atom is -0.309 e. The molecule has 0 aliphatic rings. The van der Waals surface area contributed by atoms with Crippen molar-refractivity contribution in [3.05, 3.63) is 70.0 Å². The molecule has 0 saturated carbocycles. The van der Waals surface area contributed by atoms with Crippen LogP contribution in [0.15, 0.2) is 36.4 Å². The van der Waals surface area contributed by atoms with Crippen LogP contribution in [0.2, 0.25) is 0 Å². The summed E-state index contributed by atoms with van der Waals surface area (Å²) in [7, 11) is 1.93. The molecule has 0 saturated heterocycles. The maximum Gasteiger partial charge on any atom is 0.126 e. The summed E-state index contributed by atoms with van der Waals surface area (Å²) in [6.07, 6.45) is 0. The van der Waals surface area contributed by atoms with Crippen molar-refractivity contribution in [2.45, 2.75) is 26.8 Å². The highest BCUT2D eigenvalue weighted by molar-refractivity contribution is 5.38. The van der Waals surface area contributed by atoms with Gasteiger partial charge in [0.15, 0.2) is 0 Å². The van der Waals surface area contributed by atoms with Gasteiger partial charge in [-0.15, -0.1) is 0 Å². The minimum atomic E-state index is -0.154. The maximum atomic E-state index is 13.4. The molecule has 2 heteroatoms. The van der Waals surface area contributed by atoms with Gasteiger partial charge in [0.1, 0.15) is 5.82 Å². The van der Waals surface area contributed by atoms with Crippen LogP contribution in [0.25, 0.3) is 0 Å². The van der Waals surface area contributed by atoms with Crippen LogP contribution in [-0.4, -0.2) is 7.05 Å². The topological polar surface area (TPSA) is 12.0 Å². The lowest BCUT2D eigenvalue weighted by Gasteiger charge is -2.19. The van der Waals surface area contributed by atoms with Gasteiger partial charge in [0.25, 0.3) is 0 Å². The predicted octanol–water partition coefficient (Wildman–Crippen LogP) is 4.06. The molecule has 2 rings (SSSR count). The van der Waals surface area contributed by atoms with E-state index in [1.165, 1.54) is 22.8 Å². The molecule has 100 valence electrons. The fourth-order valence-electron chi connectivity index (χ4n) is 2.32. The van der Waals surface area contributed by atoms with Crippen LogP contribution in [0.3, 0.4) is 0 Å². The molecule has 0 fully saturated rings. The Kier molecular flexibility index (Phi) is 4.01. The Labute approximate surface area is 114 Å². The lowest BCUT2D eigenvalue weighted by Crippen LogP contribution is -2.18. The Balaban J connectivity index is 2.43. The first kappa shape index (κ1) is 13.8. The number of nitrogens with one attached hydrogen (secondary N) is 1. The van der Waals surface area contributed by atoms with Gasteiger partial charge < -0.3 is 5.32 Å². The van der Waals surface area contributed by atoms with Crippen molar-refractivity contribution in [3.8, 4) is 0 Å². The first-order valence-electron chi connectivity index (χ1n) is 6.53. The SMILES string of the molecule is CNC(c1ccc(C)c(C)c1)c1ccc(F)c(C)c1. The van der Waals surface area contributed by atoms with Crippen molar-refractivity contribution >= 4 is 0 Å². The van der Waals surface area contributed by atoms with Crippen LogP contribution in [0, 0.1) is 26.6 Å². The molecule has 0 amide bonds. The number of rotatable bonds is 3. The molecule has 0 bridgehead atoms. The molecular weight excluding hydrogens is 237 g/mol. The molecule has 0 spiro atoms. The van der Waals surface area contributed by atoms with Crippen molar-refractivity contribution in [2.24, 2.45) is 0 Å². The number of aryl methyl sites for hydroxylation is 3. The van der Waals surface area contributed by atoms with E-state index in [0.29, 0.717) is 5.56 Å². The van der Waals surface area contributed by atoms with Crippen molar-refractivity contribution in [1.82, 2.24) is 5.32 Å². The van der Waals surface area contributed by atoms with Crippen LogP contribution in [0.5, 0.6) is 0 Å². The normalized spacial score (nSPS) is 12.5. The number of hydrogen-bond donors (Lipinski definition) is 1. The molecular formula is C17H20FN. The Morgan fingerprint density at radius 1 is 0.842 bits per heavy atom. The molecule has 0 heterocycles. The van der Waals surface area contributed by atoms with E-state index >= 15 is 0 Å². The highest BCUT2D eigenvalue weighted by Gasteiger charge is 2.13. The third-order valence-electron chi connectivity index (χ3n) is 3.67. The van der Waals surface area contributed by atoms with Gasteiger partial charge in [0.2, 0.25) is 0 Å². The smallest absolute Gasteiger partial charge is 0.126 e. The second-order valence-electron chi connectivity index (χ2n) is 5.07. The molecule has 1 N–H and O–H groups in total. The van der Waals surface area contributed by atoms with E-state index in [-0.39, 0.29) is 11.9 Å². The molecule has 0 aliphatic heterocycles. The summed E-state index contributed by atoms with van der Waals surface area (Å²) >= 11 is 0. The molecule has 2 aromatic rings. The van der Waals surface area contributed by atoms with E-state index in [4.69, 9.17) is 0 Å². The molecule has 19 heavy (non-hydrogen) atoms. The second kappa shape index (κ2) is 5.54. The van der Waals surface area contributed by atoms with Crippen molar-refractivity contribution in [1.29, 1.82) is 0 Å². The predicted molar refractivity (Wildman–Crippen MR) is 78.0 cm³/mol. The van der Waals surface area contributed by atoms with Crippen LogP contribution in [0.1, 0.15) is 33.9 Å². The Morgan fingerprint density at radius 2 is 1.42 bits per heavy atom. The quantitative estimate of drug-likeness (QED) is 0.874. The fourth-order valence-corrected chi connectivity index (χ4v) is 2.32. The standard InChI is InChI=1S/C17H20FN/c1-11-5-6-14(9-12(11)2)17(19-4)15-7-8-16(18)13(3)10-15/h5-10,17,19H,1-4H3. The zero-order valence-corrected chi connectivity index (χ0v) is 11.9. The van der Waals surface area contributed by atoms with Crippen molar-refractivity contribution in [2.75, 3.05) is 7.05 Å². The summed E-state index contributed by atoms with van der Waals surface area (Å²) in [5.74, 6) is -0.154. The lowest BCUT2D eigenvalue weighted by atomic mass is 9.95. The van der Waals surface area contributed by atoms with Gasteiger partial charge in [-0.2, -0.15) is 0 Å². The highest BCUT2D eigenvalue weighted by atomic mass is 19.1. The number of hydrogen-bond acceptors (Lipinski definition) is 1. The van der Waals surface area contributed by atoms with E-state index in [9.17, 15) is 4.39 Å². The molecule has 1 nitrogen and oxygen atoms in total. The molecule has 0 aliphatic carbocycles. The first-order valence-corrected chi connectivity index (χ1v) is 6.53. The van der Waals surface area contributed by atoms with E-state index < -0.39 is 0 Å². The number of benzene rings is 2. The zero-order valence-electron chi connectivity index (χ0n) is 11.9. The average Bonchev–Trinajstić information content (AvgIpc) is 2.39. The van der Waals surface area contributed by atoms with Gasteiger partial charge in [0.05, 0.1) is 6.04 Å². The van der Waals surface area contributed by atoms with E-state index in [0.717, 1.165) is 5.56 Å². The van der Waals surface area contributed by atoms with Gasteiger partial charge in [-0.25, -0.2) is 4.39 Å². The largest absolute Gasteiger partial charge is 0.309 e. The molecule has 1 atom stereocenters. The summed E-state index contributed by atoms with van der Waals surface area (Å²) in [4.78, 5) is 0. The highest BCUT2D eigenvalue weighted by Crippen LogP contribution is 2.25. The van der Waals surface area contributed by atoms with Gasteiger partial charge >= 0.3 is 0 Å². The van der Waals surface area contributed by atoms with Crippen molar-refractivity contribution in [3.63, 3.8) is 0 Å². The van der Waals surface area contributed by atoms with Gasteiger partial charge in [-0.3, -0.25) is 0 Å². The third kappa shape index (κ3) is 2.85. The van der Waals surface area contributed by atoms with Gasteiger partial charge in [-0.05, 0) is 61.7 Å². The van der Waals surface area contributed by atoms with Crippen LogP contribution in [0.4, 0.5) is 4.39 Å². The Hall–Kier alpha value is -1.67. The molecule has 0 radical (unpaired) electrons. The van der Waals surface area contributed by atoms with Gasteiger partial charge in [0, 0.05) is 0 Å². The van der Waals surface area contributed by atoms with Gasteiger partial charge in [-0.1, -0.05) is 30.3 Å². The number of halogens is 1. The molecule has 2 aromatic carbocycles. The van der Waals surface area contributed by atoms with Crippen LogP contribution < -0.4 is 5.32 Å². The third-order valence-corrected chi connectivity index (χ3v) is 3.67. The lowest BCUT2D eigenvalue weighted by molar-refractivity contribution is 0.614. The summed E-state index contributed by atoms with van der Waals surface area (Å²) in [5.41, 5.74) is 5.54. The minimum absolute atomic E-state index is 0.0959. The van der Waals surface area contributed by atoms with Crippen molar-refractivity contribution < 1.29 is 4.39 Å². The maximum absolute atomic E-state index is 13.4. The summed E-state index contributed by atoms with van der Waals surface area (Å²) < 4.78 is 13.4. The molecule has 0 aromatic heterocycles. The first-order chi connectivity index (χ1) is 9.02. The summed E-state index contributed by atoms with van der Waals surface area (Å²) in [5, 5.41) is 3.31. The molecule has 1 unspecified atom stereocenters.